The Bertz CT molecular complexity index is 1130. The molecule has 0 radical (unpaired) electrons. The van der Waals surface area contributed by atoms with Crippen molar-refractivity contribution in [2.75, 3.05) is 5.32 Å². The van der Waals surface area contributed by atoms with E-state index >= 15 is 0 Å². The molecule has 0 saturated heterocycles. The molecule has 0 spiro atoms. The van der Waals surface area contributed by atoms with Gasteiger partial charge in [0, 0.05) is 5.69 Å². The minimum Gasteiger partial charge on any atom is -0.350 e. The van der Waals surface area contributed by atoms with Gasteiger partial charge < -0.3 is 5.32 Å². The number of hydrogen-bond donors (Lipinski definition) is 2. The Labute approximate surface area is 149 Å². The summed E-state index contributed by atoms with van der Waals surface area (Å²) in [5.74, 6) is -0.925. The van der Waals surface area contributed by atoms with Gasteiger partial charge in [-0.3, -0.25) is 14.9 Å². The van der Waals surface area contributed by atoms with E-state index in [0.29, 0.717) is 22.4 Å². The number of nitrogens with zero attached hydrogens (tertiary/aromatic N) is 1. The number of anilines is 1. The number of amides is 2. The van der Waals surface area contributed by atoms with Crippen LogP contribution in [0.3, 0.4) is 0 Å². The van der Waals surface area contributed by atoms with Crippen molar-refractivity contribution in [3.63, 3.8) is 0 Å². The first-order valence-corrected chi connectivity index (χ1v) is 8.02. The van der Waals surface area contributed by atoms with Gasteiger partial charge in [0.2, 0.25) is 0 Å². The number of imide groups is 1. The van der Waals surface area contributed by atoms with Crippen molar-refractivity contribution in [2.24, 2.45) is 0 Å². The van der Waals surface area contributed by atoms with Crippen LogP contribution in [-0.4, -0.2) is 11.8 Å². The molecule has 4 rings (SSSR count). The Hall–Kier alpha value is -3.91. The summed E-state index contributed by atoms with van der Waals surface area (Å²) in [5, 5.41) is 16.3. The predicted molar refractivity (Wildman–Crippen MR) is 98.8 cm³/mol. The molecule has 2 amide bonds. The lowest BCUT2D eigenvalue weighted by Gasteiger charge is -2.10. The number of hydrogen-bond acceptors (Lipinski definition) is 4. The van der Waals surface area contributed by atoms with E-state index in [2.05, 4.69) is 16.7 Å². The first-order chi connectivity index (χ1) is 12.7. The first kappa shape index (κ1) is 15.6. The summed E-state index contributed by atoms with van der Waals surface area (Å²) in [7, 11) is 0. The van der Waals surface area contributed by atoms with Crippen LogP contribution in [0.25, 0.3) is 16.3 Å². The van der Waals surface area contributed by atoms with Gasteiger partial charge in [-0.1, -0.05) is 48.5 Å². The van der Waals surface area contributed by atoms with Crippen LogP contribution in [-0.2, 0) is 9.59 Å². The molecule has 26 heavy (non-hydrogen) atoms. The maximum atomic E-state index is 12.5. The fourth-order valence-corrected chi connectivity index (χ4v) is 3.09. The standard InChI is InChI=1S/C21H13N3O2/c22-12-13-5-3-8-15(11-13)23-19-18(20(25)24-21(19)26)17-10-4-7-14-6-1-2-9-16(14)17/h1-11H,(H2,23,24,25,26). The van der Waals surface area contributed by atoms with E-state index < -0.39 is 11.8 Å². The zero-order valence-electron chi connectivity index (χ0n) is 13.6. The van der Waals surface area contributed by atoms with Gasteiger partial charge in [0.1, 0.15) is 5.70 Å². The molecule has 0 aromatic heterocycles. The zero-order chi connectivity index (χ0) is 18.1. The number of benzene rings is 3. The number of fused-ring (bicyclic) bond motifs is 1. The van der Waals surface area contributed by atoms with Gasteiger partial charge in [0.05, 0.1) is 17.2 Å². The van der Waals surface area contributed by atoms with Crippen LogP contribution < -0.4 is 10.6 Å². The van der Waals surface area contributed by atoms with Crippen LogP contribution in [0, 0.1) is 11.3 Å². The molecule has 1 aliphatic heterocycles. The molecule has 1 heterocycles. The van der Waals surface area contributed by atoms with Gasteiger partial charge in [-0.2, -0.15) is 5.26 Å². The topological polar surface area (TPSA) is 82.0 Å². The molecular formula is C21H13N3O2. The van der Waals surface area contributed by atoms with Crippen LogP contribution in [0.5, 0.6) is 0 Å². The van der Waals surface area contributed by atoms with Crippen LogP contribution in [0.15, 0.2) is 72.4 Å². The molecule has 2 N–H and O–H groups in total. The molecule has 3 aromatic carbocycles. The Morgan fingerprint density at radius 2 is 1.65 bits per heavy atom. The van der Waals surface area contributed by atoms with Gasteiger partial charge in [0.25, 0.3) is 11.8 Å². The van der Waals surface area contributed by atoms with Crippen molar-refractivity contribution < 1.29 is 9.59 Å². The van der Waals surface area contributed by atoms with Crippen LogP contribution >= 0.6 is 0 Å². The fourth-order valence-electron chi connectivity index (χ4n) is 3.09. The van der Waals surface area contributed by atoms with Crippen LogP contribution in [0.1, 0.15) is 11.1 Å². The second-order valence-corrected chi connectivity index (χ2v) is 5.88. The average Bonchev–Trinajstić information content (AvgIpc) is 2.94. The maximum absolute atomic E-state index is 12.5. The van der Waals surface area contributed by atoms with Gasteiger partial charge in [0.15, 0.2) is 0 Å². The molecule has 1 aliphatic rings. The second kappa shape index (κ2) is 6.19. The summed E-state index contributed by atoms with van der Waals surface area (Å²) >= 11 is 0. The number of rotatable bonds is 3. The number of nitriles is 1. The summed E-state index contributed by atoms with van der Waals surface area (Å²) < 4.78 is 0. The molecule has 3 aromatic rings. The maximum Gasteiger partial charge on any atom is 0.275 e. The minimum absolute atomic E-state index is 0.182. The highest BCUT2D eigenvalue weighted by molar-refractivity contribution is 6.38. The summed E-state index contributed by atoms with van der Waals surface area (Å²) in [4.78, 5) is 24.8. The normalized spacial score (nSPS) is 13.7. The molecule has 0 aliphatic carbocycles. The molecule has 5 heteroatoms. The highest BCUT2D eigenvalue weighted by atomic mass is 16.2. The van der Waals surface area contributed by atoms with Gasteiger partial charge in [-0.25, -0.2) is 0 Å². The third-order valence-electron chi connectivity index (χ3n) is 4.25. The molecule has 5 nitrogen and oxygen atoms in total. The minimum atomic E-state index is -0.486. The number of carbonyl (C=O) groups is 2. The molecule has 124 valence electrons. The molecule has 0 bridgehead atoms. The summed E-state index contributed by atoms with van der Waals surface area (Å²) in [6, 6.07) is 22.1. The Balaban J connectivity index is 1.88. The Kier molecular flexibility index (Phi) is 3.71. The summed E-state index contributed by atoms with van der Waals surface area (Å²) in [6.07, 6.45) is 0. The summed E-state index contributed by atoms with van der Waals surface area (Å²) in [5.41, 5.74) is 2.20. The van der Waals surface area contributed by atoms with E-state index in [4.69, 9.17) is 5.26 Å². The van der Waals surface area contributed by atoms with Gasteiger partial charge >= 0.3 is 0 Å². The summed E-state index contributed by atoms with van der Waals surface area (Å²) in [6.45, 7) is 0. The van der Waals surface area contributed by atoms with E-state index in [1.54, 1.807) is 24.3 Å². The lowest BCUT2D eigenvalue weighted by atomic mass is 9.97. The Morgan fingerprint density at radius 3 is 2.50 bits per heavy atom. The lowest BCUT2D eigenvalue weighted by molar-refractivity contribution is -0.123. The van der Waals surface area contributed by atoms with Crippen LogP contribution in [0.2, 0.25) is 0 Å². The number of nitrogens with one attached hydrogen (secondary N) is 2. The largest absolute Gasteiger partial charge is 0.350 e. The van der Waals surface area contributed by atoms with E-state index in [0.717, 1.165) is 10.8 Å². The van der Waals surface area contributed by atoms with Crippen molar-refractivity contribution in [3.05, 3.63) is 83.6 Å². The first-order valence-electron chi connectivity index (χ1n) is 8.02. The van der Waals surface area contributed by atoms with Crippen LogP contribution in [0.4, 0.5) is 5.69 Å². The van der Waals surface area contributed by atoms with E-state index in [1.807, 2.05) is 42.5 Å². The van der Waals surface area contributed by atoms with E-state index in [9.17, 15) is 9.59 Å². The SMILES string of the molecule is N#Cc1cccc(NC2=C(c3cccc4ccccc34)C(=O)NC2=O)c1. The van der Waals surface area contributed by atoms with Crippen molar-refractivity contribution in [3.8, 4) is 6.07 Å². The molecule has 0 unspecified atom stereocenters. The van der Waals surface area contributed by atoms with Crippen molar-refractivity contribution in [2.45, 2.75) is 0 Å². The number of carbonyl (C=O) groups excluding carboxylic acids is 2. The fraction of sp³-hybridized carbons (Fsp3) is 0. The van der Waals surface area contributed by atoms with E-state index in [-0.39, 0.29) is 5.70 Å². The third-order valence-corrected chi connectivity index (χ3v) is 4.25. The predicted octanol–water partition coefficient (Wildman–Crippen LogP) is 3.19. The quantitative estimate of drug-likeness (QED) is 0.718. The lowest BCUT2D eigenvalue weighted by Crippen LogP contribution is -2.24. The van der Waals surface area contributed by atoms with Crippen molar-refractivity contribution in [1.82, 2.24) is 5.32 Å². The smallest absolute Gasteiger partial charge is 0.275 e. The molecule has 0 atom stereocenters. The molecular weight excluding hydrogens is 326 g/mol. The highest BCUT2D eigenvalue weighted by Gasteiger charge is 2.32. The van der Waals surface area contributed by atoms with Crippen molar-refractivity contribution >= 4 is 33.8 Å². The van der Waals surface area contributed by atoms with Gasteiger partial charge in [-0.05, 0) is 34.5 Å². The second-order valence-electron chi connectivity index (χ2n) is 5.88. The average molecular weight is 339 g/mol. The highest BCUT2D eigenvalue weighted by Crippen LogP contribution is 2.31. The monoisotopic (exact) mass is 339 g/mol. The van der Waals surface area contributed by atoms with Gasteiger partial charge in [-0.15, -0.1) is 0 Å². The van der Waals surface area contributed by atoms with Crippen molar-refractivity contribution in [1.29, 1.82) is 5.26 Å². The Morgan fingerprint density at radius 1 is 0.885 bits per heavy atom. The zero-order valence-corrected chi connectivity index (χ0v) is 13.6. The molecule has 0 saturated carbocycles. The van der Waals surface area contributed by atoms with E-state index in [1.165, 1.54) is 0 Å². The molecule has 0 fully saturated rings. The third kappa shape index (κ3) is 2.60.